The molecule has 17 heavy (non-hydrogen) atoms. The molecular formula is C14H28N2O. The molecule has 1 unspecified atom stereocenters. The van der Waals surface area contributed by atoms with Crippen molar-refractivity contribution in [2.24, 2.45) is 5.92 Å². The zero-order valence-electron chi connectivity index (χ0n) is 12.0. The van der Waals surface area contributed by atoms with Crippen molar-refractivity contribution in [2.45, 2.75) is 53.5 Å². The molecule has 0 aromatic rings. The monoisotopic (exact) mass is 240 g/mol. The minimum absolute atomic E-state index is 0.125. The molecule has 0 saturated heterocycles. The fourth-order valence-electron chi connectivity index (χ4n) is 1.79. The largest absolute Gasteiger partial charge is 0.372 e. The molecule has 0 aromatic carbocycles. The third kappa shape index (κ3) is 6.35. The molecule has 3 heteroatoms. The molecule has 0 fully saturated rings. The van der Waals surface area contributed by atoms with Crippen LogP contribution >= 0.6 is 0 Å². The first kappa shape index (κ1) is 16.0. The maximum Gasteiger partial charge on any atom is 0.220 e. The second-order valence-electron chi connectivity index (χ2n) is 4.94. The highest BCUT2D eigenvalue weighted by Gasteiger charge is 2.11. The van der Waals surface area contributed by atoms with Gasteiger partial charge in [-0.2, -0.15) is 0 Å². The molecule has 0 bridgehead atoms. The Morgan fingerprint density at radius 1 is 1.29 bits per heavy atom. The molecule has 0 aromatic heterocycles. The van der Waals surface area contributed by atoms with Crippen LogP contribution in [0.3, 0.4) is 0 Å². The van der Waals surface area contributed by atoms with Crippen molar-refractivity contribution < 1.29 is 4.79 Å². The molecule has 3 nitrogen and oxygen atoms in total. The summed E-state index contributed by atoms with van der Waals surface area (Å²) in [5, 5.41) is 2.94. The van der Waals surface area contributed by atoms with Gasteiger partial charge in [0.05, 0.1) is 6.54 Å². The smallest absolute Gasteiger partial charge is 0.220 e. The van der Waals surface area contributed by atoms with Gasteiger partial charge in [-0.15, -0.1) is 0 Å². The maximum absolute atomic E-state index is 11.6. The van der Waals surface area contributed by atoms with Crippen molar-refractivity contribution >= 4 is 5.91 Å². The van der Waals surface area contributed by atoms with Crippen molar-refractivity contribution in [3.8, 4) is 0 Å². The van der Waals surface area contributed by atoms with Crippen LogP contribution in [0.25, 0.3) is 0 Å². The van der Waals surface area contributed by atoms with Gasteiger partial charge in [0.25, 0.3) is 0 Å². The fraction of sp³-hybridized carbons (Fsp3) is 0.786. The van der Waals surface area contributed by atoms with E-state index < -0.39 is 0 Å². The third-order valence-corrected chi connectivity index (χ3v) is 3.09. The van der Waals surface area contributed by atoms with E-state index in [2.05, 4.69) is 51.4 Å². The summed E-state index contributed by atoms with van der Waals surface area (Å²) in [6, 6.07) is 0.430. The lowest BCUT2D eigenvalue weighted by atomic mass is 10.1. The van der Waals surface area contributed by atoms with Crippen LogP contribution in [0.5, 0.6) is 0 Å². The molecule has 0 heterocycles. The van der Waals surface area contributed by atoms with Crippen LogP contribution in [0.1, 0.15) is 47.5 Å². The Labute approximate surface area is 106 Å². The van der Waals surface area contributed by atoms with Crippen molar-refractivity contribution in [3.05, 3.63) is 12.3 Å². The number of carbonyl (C=O) groups is 1. The predicted molar refractivity (Wildman–Crippen MR) is 73.7 cm³/mol. The van der Waals surface area contributed by atoms with Crippen LogP contribution in [0, 0.1) is 5.92 Å². The Morgan fingerprint density at radius 2 is 1.88 bits per heavy atom. The summed E-state index contributed by atoms with van der Waals surface area (Å²) < 4.78 is 0. The second kappa shape index (κ2) is 8.15. The Kier molecular flexibility index (Phi) is 7.68. The Bertz CT molecular complexity index is 249. The van der Waals surface area contributed by atoms with Crippen LogP contribution < -0.4 is 5.32 Å². The van der Waals surface area contributed by atoms with Gasteiger partial charge in [0.1, 0.15) is 0 Å². The van der Waals surface area contributed by atoms with E-state index in [4.69, 9.17) is 0 Å². The molecule has 0 saturated carbocycles. The van der Waals surface area contributed by atoms with Crippen LogP contribution in [-0.4, -0.2) is 29.9 Å². The van der Waals surface area contributed by atoms with E-state index in [9.17, 15) is 4.79 Å². The summed E-state index contributed by atoms with van der Waals surface area (Å²) in [4.78, 5) is 13.8. The van der Waals surface area contributed by atoms with Crippen molar-refractivity contribution in [2.75, 3.05) is 13.1 Å². The van der Waals surface area contributed by atoms with Gasteiger partial charge >= 0.3 is 0 Å². The van der Waals surface area contributed by atoms with E-state index in [-0.39, 0.29) is 5.91 Å². The molecule has 0 aliphatic carbocycles. The zero-order valence-corrected chi connectivity index (χ0v) is 12.0. The van der Waals surface area contributed by atoms with Crippen LogP contribution in [0.2, 0.25) is 0 Å². The van der Waals surface area contributed by atoms with Gasteiger partial charge in [-0.1, -0.05) is 26.8 Å². The first-order chi connectivity index (χ1) is 7.92. The van der Waals surface area contributed by atoms with Crippen LogP contribution in [0.4, 0.5) is 0 Å². The van der Waals surface area contributed by atoms with Crippen molar-refractivity contribution in [1.29, 1.82) is 0 Å². The average Bonchev–Trinajstić information content (AvgIpc) is 2.26. The normalized spacial score (nSPS) is 12.4. The third-order valence-electron chi connectivity index (χ3n) is 3.09. The summed E-state index contributed by atoms with van der Waals surface area (Å²) in [7, 11) is 0. The topological polar surface area (TPSA) is 32.3 Å². The summed E-state index contributed by atoms with van der Waals surface area (Å²) in [5.41, 5.74) is 0.986. The molecule has 1 atom stereocenters. The second-order valence-corrected chi connectivity index (χ2v) is 4.94. The van der Waals surface area contributed by atoms with E-state index in [0.29, 0.717) is 24.9 Å². The first-order valence-electron chi connectivity index (χ1n) is 6.63. The number of carbonyl (C=O) groups excluding carboxylic acids is 1. The zero-order chi connectivity index (χ0) is 13.4. The van der Waals surface area contributed by atoms with Crippen LogP contribution in [-0.2, 0) is 4.79 Å². The standard InChI is InChI=1S/C14H28N2O/c1-7-12(5)9-14(17)15-10-13(6)16(8-2)11(3)4/h11-12H,6-10H2,1-5H3,(H,15,17). The molecular weight excluding hydrogens is 212 g/mol. The van der Waals surface area contributed by atoms with Gasteiger partial charge in [0.15, 0.2) is 0 Å². The van der Waals surface area contributed by atoms with E-state index in [1.807, 2.05) is 0 Å². The molecule has 0 aliphatic rings. The highest BCUT2D eigenvalue weighted by Crippen LogP contribution is 2.08. The van der Waals surface area contributed by atoms with Gasteiger partial charge in [-0.3, -0.25) is 4.79 Å². The van der Waals surface area contributed by atoms with E-state index in [1.54, 1.807) is 0 Å². The molecule has 100 valence electrons. The SMILES string of the molecule is C=C(CNC(=O)CC(C)CC)N(CC)C(C)C. The molecule has 0 radical (unpaired) electrons. The fourth-order valence-corrected chi connectivity index (χ4v) is 1.79. The highest BCUT2D eigenvalue weighted by atomic mass is 16.1. The minimum Gasteiger partial charge on any atom is -0.372 e. The number of amides is 1. The Balaban J connectivity index is 4.02. The summed E-state index contributed by atoms with van der Waals surface area (Å²) in [6.45, 7) is 16.1. The highest BCUT2D eigenvalue weighted by molar-refractivity contribution is 5.76. The van der Waals surface area contributed by atoms with Crippen molar-refractivity contribution in [1.82, 2.24) is 10.2 Å². The van der Waals surface area contributed by atoms with Gasteiger partial charge in [-0.05, 0) is 26.7 Å². The summed E-state index contributed by atoms with van der Waals surface area (Å²) in [6.07, 6.45) is 1.65. The lowest BCUT2D eigenvalue weighted by Crippen LogP contribution is -2.36. The Hall–Kier alpha value is -0.990. The lowest BCUT2D eigenvalue weighted by molar-refractivity contribution is -0.121. The average molecular weight is 240 g/mol. The number of hydrogen-bond donors (Lipinski definition) is 1. The maximum atomic E-state index is 11.6. The Morgan fingerprint density at radius 3 is 2.29 bits per heavy atom. The van der Waals surface area contributed by atoms with Crippen LogP contribution in [0.15, 0.2) is 12.3 Å². The predicted octanol–water partition coefficient (Wildman–Crippen LogP) is 2.78. The van der Waals surface area contributed by atoms with E-state index in [0.717, 1.165) is 18.7 Å². The lowest BCUT2D eigenvalue weighted by Gasteiger charge is -2.29. The minimum atomic E-state index is 0.125. The number of hydrogen-bond acceptors (Lipinski definition) is 2. The van der Waals surface area contributed by atoms with Gasteiger partial charge in [-0.25, -0.2) is 0 Å². The summed E-state index contributed by atoms with van der Waals surface area (Å²) >= 11 is 0. The van der Waals surface area contributed by atoms with Gasteiger partial charge in [0.2, 0.25) is 5.91 Å². The number of likely N-dealkylation sites (N-methyl/N-ethyl adjacent to an activating group) is 1. The summed E-state index contributed by atoms with van der Waals surface area (Å²) in [5.74, 6) is 0.580. The number of rotatable bonds is 8. The van der Waals surface area contributed by atoms with E-state index >= 15 is 0 Å². The molecule has 0 spiro atoms. The van der Waals surface area contributed by atoms with E-state index in [1.165, 1.54) is 0 Å². The molecule has 1 N–H and O–H groups in total. The molecule has 1 amide bonds. The number of nitrogens with zero attached hydrogens (tertiary/aromatic N) is 1. The van der Waals surface area contributed by atoms with Crippen molar-refractivity contribution in [3.63, 3.8) is 0 Å². The quantitative estimate of drug-likeness (QED) is 0.707. The van der Waals surface area contributed by atoms with Gasteiger partial charge in [0, 0.05) is 24.7 Å². The first-order valence-corrected chi connectivity index (χ1v) is 6.63. The molecule has 0 rings (SSSR count). The number of nitrogens with one attached hydrogen (secondary N) is 1. The van der Waals surface area contributed by atoms with Gasteiger partial charge < -0.3 is 10.2 Å². The molecule has 0 aliphatic heterocycles.